The van der Waals surface area contributed by atoms with Gasteiger partial charge in [-0.25, -0.2) is 15.0 Å². The van der Waals surface area contributed by atoms with Crippen LogP contribution < -0.4 is 15.4 Å². The Bertz CT molecular complexity index is 1470. The van der Waals surface area contributed by atoms with E-state index in [2.05, 4.69) is 51.3 Å². The van der Waals surface area contributed by atoms with E-state index < -0.39 is 0 Å². The molecule has 1 atom stereocenters. The highest BCUT2D eigenvalue weighted by molar-refractivity contribution is 5.71. The number of pyridine rings is 2. The molecule has 2 N–H and O–H groups in total. The molecule has 170 valence electrons. The van der Waals surface area contributed by atoms with Crippen molar-refractivity contribution in [3.05, 3.63) is 66.4 Å². The normalized spacial score (nSPS) is 14.7. The SMILES string of the molecule is COc1ccc(C[C@H]2CNc3cc(-c4ccnc(Nc5ccnn5C)n4)cc4nnc2n34)cn1. The molecule has 1 aliphatic heterocycles. The quantitative estimate of drug-likeness (QED) is 0.399. The number of nitrogens with zero attached hydrogens (tertiary/aromatic N) is 8. The predicted molar refractivity (Wildman–Crippen MR) is 126 cm³/mol. The van der Waals surface area contributed by atoms with Crippen LogP contribution in [0.5, 0.6) is 5.88 Å². The van der Waals surface area contributed by atoms with E-state index in [1.165, 1.54) is 0 Å². The molecule has 6 heterocycles. The van der Waals surface area contributed by atoms with Crippen molar-refractivity contribution in [2.45, 2.75) is 12.3 Å². The summed E-state index contributed by atoms with van der Waals surface area (Å²) < 4.78 is 8.96. The fraction of sp³-hybridized carbons (Fsp3) is 0.217. The minimum Gasteiger partial charge on any atom is -0.481 e. The van der Waals surface area contributed by atoms with E-state index >= 15 is 0 Å². The highest BCUT2D eigenvalue weighted by Crippen LogP contribution is 2.32. The highest BCUT2D eigenvalue weighted by atomic mass is 16.5. The number of aromatic nitrogens is 8. The number of nitrogens with one attached hydrogen (secondary N) is 2. The molecule has 34 heavy (non-hydrogen) atoms. The van der Waals surface area contributed by atoms with Crippen molar-refractivity contribution in [2.75, 3.05) is 24.3 Å². The van der Waals surface area contributed by atoms with Crippen LogP contribution in [-0.4, -0.2) is 53.0 Å². The summed E-state index contributed by atoms with van der Waals surface area (Å²) in [7, 11) is 3.47. The lowest BCUT2D eigenvalue weighted by atomic mass is 9.98. The van der Waals surface area contributed by atoms with Gasteiger partial charge in [0.2, 0.25) is 11.8 Å². The van der Waals surface area contributed by atoms with E-state index in [0.717, 1.165) is 52.9 Å². The van der Waals surface area contributed by atoms with Crippen molar-refractivity contribution in [3.8, 4) is 17.1 Å². The van der Waals surface area contributed by atoms with Crippen molar-refractivity contribution in [3.63, 3.8) is 0 Å². The first-order valence-electron chi connectivity index (χ1n) is 10.9. The van der Waals surface area contributed by atoms with Gasteiger partial charge >= 0.3 is 0 Å². The second kappa shape index (κ2) is 8.10. The molecule has 0 unspecified atom stereocenters. The number of ether oxygens (including phenoxy) is 1. The molecule has 5 aromatic heterocycles. The molecule has 6 rings (SSSR count). The van der Waals surface area contributed by atoms with Crippen LogP contribution >= 0.6 is 0 Å². The molecule has 0 saturated heterocycles. The average molecular weight is 454 g/mol. The Kier molecular flexibility index (Phi) is 4.79. The van der Waals surface area contributed by atoms with Gasteiger partial charge in [-0.3, -0.25) is 9.08 Å². The van der Waals surface area contributed by atoms with E-state index in [4.69, 9.17) is 4.74 Å². The fourth-order valence-corrected chi connectivity index (χ4v) is 4.19. The van der Waals surface area contributed by atoms with Crippen LogP contribution in [0.1, 0.15) is 17.3 Å². The minimum absolute atomic E-state index is 0.178. The Morgan fingerprint density at radius 3 is 2.85 bits per heavy atom. The van der Waals surface area contributed by atoms with E-state index in [-0.39, 0.29) is 5.92 Å². The lowest BCUT2D eigenvalue weighted by Gasteiger charge is -2.24. The molecule has 5 aromatic rings. The van der Waals surface area contributed by atoms with Gasteiger partial charge in [-0.15, -0.1) is 10.2 Å². The first-order valence-corrected chi connectivity index (χ1v) is 10.9. The number of hydrogen-bond acceptors (Lipinski definition) is 9. The average Bonchev–Trinajstić information content (AvgIpc) is 3.48. The van der Waals surface area contributed by atoms with Crippen LogP contribution in [0, 0.1) is 0 Å². The lowest BCUT2D eigenvalue weighted by molar-refractivity contribution is 0.397. The highest BCUT2D eigenvalue weighted by Gasteiger charge is 2.26. The molecule has 0 spiro atoms. The first kappa shape index (κ1) is 20.1. The van der Waals surface area contributed by atoms with Crippen LogP contribution in [0.2, 0.25) is 0 Å². The van der Waals surface area contributed by atoms with Crippen molar-refractivity contribution >= 4 is 23.2 Å². The van der Waals surface area contributed by atoms with Crippen molar-refractivity contribution in [2.24, 2.45) is 7.05 Å². The number of methoxy groups -OCH3 is 1. The Labute approximate surface area is 194 Å². The second-order valence-corrected chi connectivity index (χ2v) is 8.10. The molecule has 11 nitrogen and oxygen atoms in total. The number of hydrogen-bond donors (Lipinski definition) is 2. The van der Waals surface area contributed by atoms with Gasteiger partial charge in [-0.05, 0) is 30.2 Å². The zero-order valence-corrected chi connectivity index (χ0v) is 18.7. The van der Waals surface area contributed by atoms with Crippen LogP contribution in [0.4, 0.5) is 17.6 Å². The molecule has 0 aromatic carbocycles. The summed E-state index contributed by atoms with van der Waals surface area (Å²) in [6, 6.07) is 11.7. The van der Waals surface area contributed by atoms with Crippen LogP contribution in [0.25, 0.3) is 16.9 Å². The molecular formula is C23H22N10O. The van der Waals surface area contributed by atoms with Gasteiger partial charge in [0.25, 0.3) is 0 Å². The topological polar surface area (TPSA) is 120 Å². The molecular weight excluding hydrogens is 432 g/mol. The third-order valence-electron chi connectivity index (χ3n) is 5.93. The lowest BCUT2D eigenvalue weighted by Crippen LogP contribution is -2.24. The molecule has 0 bridgehead atoms. The van der Waals surface area contributed by atoms with Gasteiger partial charge in [0.15, 0.2) is 5.65 Å². The van der Waals surface area contributed by atoms with E-state index in [1.807, 2.05) is 43.6 Å². The van der Waals surface area contributed by atoms with Gasteiger partial charge in [0, 0.05) is 49.6 Å². The molecule has 0 aliphatic carbocycles. The van der Waals surface area contributed by atoms with E-state index in [1.54, 1.807) is 24.2 Å². The zero-order valence-electron chi connectivity index (χ0n) is 18.7. The number of aryl methyl sites for hydroxylation is 1. The molecule has 1 aliphatic rings. The number of anilines is 3. The second-order valence-electron chi connectivity index (χ2n) is 8.10. The van der Waals surface area contributed by atoms with Gasteiger partial charge in [-0.2, -0.15) is 5.10 Å². The predicted octanol–water partition coefficient (Wildman–Crippen LogP) is 2.82. The molecule has 0 radical (unpaired) electrons. The van der Waals surface area contributed by atoms with Crippen LogP contribution in [0.15, 0.2) is 55.0 Å². The molecule has 0 amide bonds. The third kappa shape index (κ3) is 3.56. The molecule has 11 heteroatoms. The maximum absolute atomic E-state index is 5.16. The molecule has 0 fully saturated rings. The van der Waals surface area contributed by atoms with E-state index in [0.29, 0.717) is 11.8 Å². The van der Waals surface area contributed by atoms with E-state index in [9.17, 15) is 0 Å². The summed E-state index contributed by atoms with van der Waals surface area (Å²) >= 11 is 0. The number of rotatable bonds is 6. The maximum Gasteiger partial charge on any atom is 0.228 e. The Morgan fingerprint density at radius 1 is 1.12 bits per heavy atom. The summed E-state index contributed by atoms with van der Waals surface area (Å²) in [5.41, 5.74) is 3.62. The van der Waals surface area contributed by atoms with Crippen molar-refractivity contribution in [1.29, 1.82) is 0 Å². The minimum atomic E-state index is 0.178. The molecule has 0 saturated carbocycles. The summed E-state index contributed by atoms with van der Waals surface area (Å²) in [4.78, 5) is 13.3. The largest absolute Gasteiger partial charge is 0.481 e. The Hall–Kier alpha value is -4.54. The summed E-state index contributed by atoms with van der Waals surface area (Å²) in [5.74, 6) is 3.97. The maximum atomic E-state index is 5.16. The smallest absolute Gasteiger partial charge is 0.228 e. The first-order chi connectivity index (χ1) is 16.7. The third-order valence-corrected chi connectivity index (χ3v) is 5.93. The van der Waals surface area contributed by atoms with Crippen LogP contribution in [0.3, 0.4) is 0 Å². The summed E-state index contributed by atoms with van der Waals surface area (Å²) in [6.07, 6.45) is 6.11. The standard InChI is InChI=1S/C23H22N10O/c1-32-18(6-8-27-32)29-23-24-7-5-17(28-23)15-10-19-25-13-16(22-31-30-20(11-15)33(19)22)9-14-3-4-21(34-2)26-12-14/h3-8,10-12,16,25H,9,13H2,1-2H3,(H,24,28,29)/t16-/m0/s1. The van der Waals surface area contributed by atoms with Gasteiger partial charge in [-0.1, -0.05) is 6.07 Å². The van der Waals surface area contributed by atoms with Crippen molar-refractivity contribution in [1.82, 2.24) is 39.3 Å². The van der Waals surface area contributed by atoms with Crippen LogP contribution in [-0.2, 0) is 13.5 Å². The summed E-state index contributed by atoms with van der Waals surface area (Å²) in [5, 5.41) is 19.9. The van der Waals surface area contributed by atoms with Gasteiger partial charge in [0.1, 0.15) is 17.5 Å². The Balaban J connectivity index is 1.30. The van der Waals surface area contributed by atoms with Gasteiger partial charge in [0.05, 0.1) is 19.0 Å². The fourth-order valence-electron chi connectivity index (χ4n) is 4.19. The monoisotopic (exact) mass is 454 g/mol. The zero-order chi connectivity index (χ0) is 23.1. The Morgan fingerprint density at radius 2 is 2.06 bits per heavy atom. The van der Waals surface area contributed by atoms with Gasteiger partial charge < -0.3 is 15.4 Å². The summed E-state index contributed by atoms with van der Waals surface area (Å²) in [6.45, 7) is 0.750. The van der Waals surface area contributed by atoms with Crippen molar-refractivity contribution < 1.29 is 4.74 Å².